The van der Waals surface area contributed by atoms with Gasteiger partial charge in [0.1, 0.15) is 11.5 Å². The molecule has 0 saturated carbocycles. The lowest BCUT2D eigenvalue weighted by atomic mass is 9.95. The molecule has 1 amide bonds. The molecule has 1 fully saturated rings. The van der Waals surface area contributed by atoms with Crippen molar-refractivity contribution in [2.24, 2.45) is 0 Å². The van der Waals surface area contributed by atoms with Crippen molar-refractivity contribution in [3.05, 3.63) is 99.0 Å². The quantitative estimate of drug-likeness (QED) is 0.254. The number of ether oxygens (including phenoxy) is 1. The van der Waals surface area contributed by atoms with Gasteiger partial charge in [0.2, 0.25) is 0 Å². The van der Waals surface area contributed by atoms with E-state index in [0.29, 0.717) is 34.2 Å². The van der Waals surface area contributed by atoms with E-state index in [2.05, 4.69) is 15.9 Å². The molecule has 1 aliphatic rings. The molecule has 1 aliphatic heterocycles. The fraction of sp³-hybridized carbons (Fsp3) is 0.120. The standard InChI is InChI=1S/C25H19BrClNO4/c1-2-32-20-13-16(11-12-19(20)27)23(29)21-22(15-7-4-3-5-8-15)28(25(31)24(21)30)18-10-6-9-17(26)14-18/h3-14,22,29H,2H2,1H3/b23-21+. The lowest BCUT2D eigenvalue weighted by Gasteiger charge is -2.25. The molecule has 4 rings (SSSR count). The molecule has 3 aromatic carbocycles. The van der Waals surface area contributed by atoms with Crippen LogP contribution in [0.5, 0.6) is 5.75 Å². The number of anilines is 1. The fourth-order valence-corrected chi connectivity index (χ4v) is 4.31. The van der Waals surface area contributed by atoms with Gasteiger partial charge in [0.05, 0.1) is 23.2 Å². The first-order valence-electron chi connectivity index (χ1n) is 9.96. The summed E-state index contributed by atoms with van der Waals surface area (Å²) >= 11 is 9.60. The Morgan fingerprint density at radius 2 is 1.81 bits per heavy atom. The van der Waals surface area contributed by atoms with Gasteiger partial charge >= 0.3 is 0 Å². The topological polar surface area (TPSA) is 66.8 Å². The maximum absolute atomic E-state index is 13.2. The van der Waals surface area contributed by atoms with Crippen LogP contribution in [0, 0.1) is 0 Å². The molecule has 3 aromatic rings. The van der Waals surface area contributed by atoms with Crippen LogP contribution in [-0.2, 0) is 9.59 Å². The van der Waals surface area contributed by atoms with Crippen LogP contribution in [-0.4, -0.2) is 23.4 Å². The van der Waals surface area contributed by atoms with E-state index in [1.165, 1.54) is 4.90 Å². The van der Waals surface area contributed by atoms with Crippen LogP contribution in [0.3, 0.4) is 0 Å². The van der Waals surface area contributed by atoms with Crippen LogP contribution in [0.15, 0.2) is 82.8 Å². The molecule has 1 heterocycles. The molecule has 162 valence electrons. The summed E-state index contributed by atoms with van der Waals surface area (Å²) in [5.74, 6) is -1.37. The molecule has 1 N–H and O–H groups in total. The summed E-state index contributed by atoms with van der Waals surface area (Å²) in [6.07, 6.45) is 0. The van der Waals surface area contributed by atoms with Crippen LogP contribution in [0.25, 0.3) is 5.76 Å². The van der Waals surface area contributed by atoms with Crippen molar-refractivity contribution in [3.8, 4) is 5.75 Å². The van der Waals surface area contributed by atoms with Crippen LogP contribution in [0.4, 0.5) is 5.69 Å². The SMILES string of the molecule is CCOc1cc(/C(O)=C2\C(=O)C(=O)N(c3cccc(Br)c3)C2c2ccccc2)ccc1Cl. The Kier molecular flexibility index (Phi) is 6.35. The molecule has 7 heteroatoms. The lowest BCUT2D eigenvalue weighted by molar-refractivity contribution is -0.132. The first-order valence-corrected chi connectivity index (χ1v) is 11.1. The van der Waals surface area contributed by atoms with Crippen molar-refractivity contribution < 1.29 is 19.4 Å². The summed E-state index contributed by atoms with van der Waals surface area (Å²) < 4.78 is 6.29. The zero-order valence-electron chi connectivity index (χ0n) is 17.1. The molecular weight excluding hydrogens is 494 g/mol. The van der Waals surface area contributed by atoms with Crippen molar-refractivity contribution >= 4 is 50.7 Å². The van der Waals surface area contributed by atoms with Gasteiger partial charge in [-0.25, -0.2) is 0 Å². The summed E-state index contributed by atoms with van der Waals surface area (Å²) in [6, 6.07) is 20.2. The highest BCUT2D eigenvalue weighted by molar-refractivity contribution is 9.10. The Labute approximate surface area is 199 Å². The molecule has 0 radical (unpaired) electrons. The molecular formula is C25H19BrClNO4. The lowest BCUT2D eigenvalue weighted by Crippen LogP contribution is -2.29. The van der Waals surface area contributed by atoms with E-state index in [4.69, 9.17) is 16.3 Å². The van der Waals surface area contributed by atoms with E-state index in [0.717, 1.165) is 4.47 Å². The Morgan fingerprint density at radius 3 is 2.50 bits per heavy atom. The van der Waals surface area contributed by atoms with E-state index in [1.807, 2.05) is 43.3 Å². The smallest absolute Gasteiger partial charge is 0.300 e. The number of aliphatic hydroxyl groups excluding tert-OH is 1. The van der Waals surface area contributed by atoms with Gasteiger partial charge in [-0.3, -0.25) is 14.5 Å². The highest BCUT2D eigenvalue weighted by Gasteiger charge is 2.47. The van der Waals surface area contributed by atoms with Crippen molar-refractivity contribution in [3.63, 3.8) is 0 Å². The van der Waals surface area contributed by atoms with Gasteiger partial charge in [0, 0.05) is 15.7 Å². The van der Waals surface area contributed by atoms with Gasteiger partial charge < -0.3 is 9.84 Å². The van der Waals surface area contributed by atoms with Crippen LogP contribution >= 0.6 is 27.5 Å². The third kappa shape index (κ3) is 4.04. The van der Waals surface area contributed by atoms with E-state index in [9.17, 15) is 14.7 Å². The summed E-state index contributed by atoms with van der Waals surface area (Å²) in [5, 5.41) is 11.6. The number of amides is 1. The minimum atomic E-state index is -0.795. The Bertz CT molecular complexity index is 1230. The first kappa shape index (κ1) is 22.1. The molecule has 1 unspecified atom stereocenters. The minimum absolute atomic E-state index is 0.00551. The number of hydrogen-bond donors (Lipinski definition) is 1. The Morgan fingerprint density at radius 1 is 1.06 bits per heavy atom. The van der Waals surface area contributed by atoms with Gasteiger partial charge in [-0.05, 0) is 48.9 Å². The molecule has 5 nitrogen and oxygen atoms in total. The number of carbonyl (C=O) groups excluding carboxylic acids is 2. The van der Waals surface area contributed by atoms with Crippen LogP contribution < -0.4 is 9.64 Å². The largest absolute Gasteiger partial charge is 0.507 e. The Hall–Kier alpha value is -3.09. The van der Waals surface area contributed by atoms with Gasteiger partial charge in [0.25, 0.3) is 11.7 Å². The van der Waals surface area contributed by atoms with Crippen molar-refractivity contribution in [2.45, 2.75) is 13.0 Å². The molecule has 1 atom stereocenters. The third-order valence-corrected chi connectivity index (χ3v) is 5.96. The second-order valence-corrected chi connectivity index (χ2v) is 8.46. The third-order valence-electron chi connectivity index (χ3n) is 5.15. The average molecular weight is 513 g/mol. The number of nitrogens with zero attached hydrogens (tertiary/aromatic N) is 1. The maximum Gasteiger partial charge on any atom is 0.300 e. The average Bonchev–Trinajstić information content (AvgIpc) is 3.06. The second kappa shape index (κ2) is 9.18. The number of hydrogen-bond acceptors (Lipinski definition) is 4. The van der Waals surface area contributed by atoms with Crippen LogP contribution in [0.2, 0.25) is 5.02 Å². The van der Waals surface area contributed by atoms with E-state index in [-0.39, 0.29) is 11.3 Å². The number of aliphatic hydroxyl groups is 1. The zero-order chi connectivity index (χ0) is 22.8. The summed E-state index contributed by atoms with van der Waals surface area (Å²) in [6.45, 7) is 2.21. The maximum atomic E-state index is 13.2. The number of Topliss-reactive ketones (excluding diaryl/α,β-unsaturated/α-hetero) is 1. The normalized spacial score (nSPS) is 17.6. The molecule has 32 heavy (non-hydrogen) atoms. The predicted molar refractivity (Wildman–Crippen MR) is 128 cm³/mol. The summed E-state index contributed by atoms with van der Waals surface area (Å²) in [4.78, 5) is 27.7. The summed E-state index contributed by atoms with van der Waals surface area (Å²) in [7, 11) is 0. The van der Waals surface area contributed by atoms with E-state index < -0.39 is 17.7 Å². The van der Waals surface area contributed by atoms with E-state index >= 15 is 0 Å². The second-order valence-electron chi connectivity index (χ2n) is 7.14. The van der Waals surface area contributed by atoms with E-state index in [1.54, 1.807) is 36.4 Å². The number of ketones is 1. The molecule has 0 aliphatic carbocycles. The first-order chi connectivity index (χ1) is 15.4. The Balaban J connectivity index is 1.93. The molecule has 0 aromatic heterocycles. The highest BCUT2D eigenvalue weighted by Crippen LogP contribution is 2.43. The van der Waals surface area contributed by atoms with Gasteiger partial charge in [-0.2, -0.15) is 0 Å². The monoisotopic (exact) mass is 511 g/mol. The van der Waals surface area contributed by atoms with Gasteiger partial charge in [0.15, 0.2) is 0 Å². The molecule has 0 spiro atoms. The minimum Gasteiger partial charge on any atom is -0.507 e. The summed E-state index contributed by atoms with van der Waals surface area (Å²) in [5.41, 5.74) is 1.59. The van der Waals surface area contributed by atoms with Crippen molar-refractivity contribution in [1.82, 2.24) is 0 Å². The fourth-order valence-electron chi connectivity index (χ4n) is 3.75. The number of carbonyl (C=O) groups is 2. The van der Waals surface area contributed by atoms with Gasteiger partial charge in [-0.15, -0.1) is 0 Å². The molecule has 0 bridgehead atoms. The van der Waals surface area contributed by atoms with Crippen LogP contribution in [0.1, 0.15) is 24.1 Å². The highest BCUT2D eigenvalue weighted by atomic mass is 79.9. The molecule has 1 saturated heterocycles. The number of benzene rings is 3. The van der Waals surface area contributed by atoms with Crippen molar-refractivity contribution in [2.75, 3.05) is 11.5 Å². The zero-order valence-corrected chi connectivity index (χ0v) is 19.4. The van der Waals surface area contributed by atoms with Crippen molar-refractivity contribution in [1.29, 1.82) is 0 Å². The number of halogens is 2. The number of rotatable bonds is 5. The van der Waals surface area contributed by atoms with Gasteiger partial charge in [-0.1, -0.05) is 63.9 Å². The predicted octanol–water partition coefficient (Wildman–Crippen LogP) is 6.13.